The lowest BCUT2D eigenvalue weighted by Crippen LogP contribution is -2.31. The molecule has 0 atom stereocenters. The predicted octanol–water partition coefficient (Wildman–Crippen LogP) is 2.36. The Morgan fingerprint density at radius 1 is 1.06 bits per heavy atom. The molecule has 0 aliphatic heterocycles. The first-order valence-corrected chi connectivity index (χ1v) is 9.09. The zero-order valence-corrected chi connectivity index (χ0v) is 17.1. The fourth-order valence-electron chi connectivity index (χ4n) is 2.32. The number of nitrogens with one attached hydrogen (secondary N) is 2. The number of halogens is 6. The average Bonchev–Trinajstić information content (AvgIpc) is 2.73. The number of carbonyl (C=O) groups excluding carboxylic acids is 2. The number of rotatable bonds is 8. The molecule has 2 N–H and O–H groups in total. The zero-order valence-electron chi connectivity index (χ0n) is 17.1. The second kappa shape index (κ2) is 10.3. The lowest BCUT2D eigenvalue weighted by molar-refractivity contribution is -0.191. The first-order valence-electron chi connectivity index (χ1n) is 9.09. The van der Waals surface area contributed by atoms with Crippen LogP contribution in [-0.4, -0.2) is 45.4 Å². The van der Waals surface area contributed by atoms with Crippen LogP contribution in [0, 0.1) is 0 Å². The summed E-state index contributed by atoms with van der Waals surface area (Å²) in [6, 6.07) is 2.28. The highest BCUT2D eigenvalue weighted by molar-refractivity contribution is 5.82. The molecule has 2 rings (SSSR count). The van der Waals surface area contributed by atoms with E-state index in [1.165, 1.54) is 13.0 Å². The summed E-state index contributed by atoms with van der Waals surface area (Å²) in [6.45, 7) is 5.19. The molecule has 34 heavy (non-hydrogen) atoms. The standard InChI is InChI=1S/C18H15F6N5O5/c1-3-7-25-28-15-26-12(29(4-2)16(32)27-15)9-5-6-10(33-13(30)17(19,20)21)11(8-9)34-14(31)18(22,23)24/h3,5-6,8,25H,1,4,7H2,2H3,(H,27,28,32). The van der Waals surface area contributed by atoms with Crippen LogP contribution in [0.3, 0.4) is 0 Å². The van der Waals surface area contributed by atoms with Crippen LogP contribution in [-0.2, 0) is 16.1 Å². The van der Waals surface area contributed by atoms with Crippen LogP contribution in [0.25, 0.3) is 11.4 Å². The third kappa shape index (κ3) is 6.53. The third-order valence-corrected chi connectivity index (χ3v) is 3.73. The van der Waals surface area contributed by atoms with Crippen LogP contribution in [0.15, 0.2) is 35.6 Å². The quantitative estimate of drug-likeness (QED) is 0.142. The highest BCUT2D eigenvalue weighted by Crippen LogP contribution is 2.35. The number of aromatic nitrogens is 3. The monoisotopic (exact) mass is 495 g/mol. The number of benzene rings is 1. The lowest BCUT2D eigenvalue weighted by atomic mass is 10.2. The van der Waals surface area contributed by atoms with Gasteiger partial charge in [-0.3, -0.25) is 9.99 Å². The van der Waals surface area contributed by atoms with Gasteiger partial charge in [-0.15, -0.1) is 6.58 Å². The zero-order chi connectivity index (χ0) is 25.7. The van der Waals surface area contributed by atoms with E-state index in [1.54, 1.807) is 0 Å². The van der Waals surface area contributed by atoms with Crippen molar-refractivity contribution in [2.24, 2.45) is 0 Å². The molecule has 2 aromatic rings. The van der Waals surface area contributed by atoms with Gasteiger partial charge in [-0.05, 0) is 25.1 Å². The Hall–Kier alpha value is -3.95. The number of nitrogens with zero attached hydrogens (tertiary/aromatic N) is 3. The number of esters is 2. The molecule has 1 aromatic carbocycles. The summed E-state index contributed by atoms with van der Waals surface area (Å²) >= 11 is 0. The largest absolute Gasteiger partial charge is 0.491 e. The van der Waals surface area contributed by atoms with Gasteiger partial charge in [0.25, 0.3) is 0 Å². The molecule has 1 aromatic heterocycles. The van der Waals surface area contributed by atoms with E-state index in [1.807, 2.05) is 0 Å². The van der Waals surface area contributed by atoms with Crippen molar-refractivity contribution in [3.63, 3.8) is 0 Å². The Labute approximate surface area is 186 Å². The summed E-state index contributed by atoms with van der Waals surface area (Å²) in [5.74, 6) is -8.33. The van der Waals surface area contributed by atoms with Crippen molar-refractivity contribution in [2.75, 3.05) is 12.0 Å². The van der Waals surface area contributed by atoms with E-state index in [0.29, 0.717) is 12.1 Å². The molecule has 184 valence electrons. The number of carbonyl (C=O) groups is 2. The Kier molecular flexibility index (Phi) is 7.99. The molecule has 10 nitrogen and oxygen atoms in total. The van der Waals surface area contributed by atoms with Crippen LogP contribution < -0.4 is 26.0 Å². The Morgan fingerprint density at radius 2 is 1.65 bits per heavy atom. The van der Waals surface area contributed by atoms with E-state index < -0.39 is 41.5 Å². The lowest BCUT2D eigenvalue weighted by Gasteiger charge is -2.15. The summed E-state index contributed by atoms with van der Waals surface area (Å²) in [5.41, 5.74) is 4.07. The molecule has 16 heteroatoms. The summed E-state index contributed by atoms with van der Waals surface area (Å²) in [6.07, 6.45) is -9.54. The van der Waals surface area contributed by atoms with Crippen molar-refractivity contribution in [1.82, 2.24) is 20.0 Å². The highest BCUT2D eigenvalue weighted by atomic mass is 19.4. The van der Waals surface area contributed by atoms with E-state index in [2.05, 4.69) is 36.9 Å². The van der Waals surface area contributed by atoms with Gasteiger partial charge in [0.15, 0.2) is 11.5 Å². The minimum absolute atomic E-state index is 0.0168. The smallest absolute Gasteiger partial charge is 0.416 e. The van der Waals surface area contributed by atoms with Crippen LogP contribution >= 0.6 is 0 Å². The van der Waals surface area contributed by atoms with E-state index in [9.17, 15) is 40.7 Å². The fourth-order valence-corrected chi connectivity index (χ4v) is 2.32. The number of alkyl halides is 6. The topological polar surface area (TPSA) is 124 Å². The summed E-state index contributed by atoms with van der Waals surface area (Å²) in [5, 5.41) is 0. The van der Waals surface area contributed by atoms with E-state index in [0.717, 1.165) is 10.6 Å². The Balaban J connectivity index is 2.60. The number of hydrogen-bond acceptors (Lipinski definition) is 9. The molecule has 0 aliphatic carbocycles. The Bertz CT molecular complexity index is 1150. The van der Waals surface area contributed by atoms with Crippen molar-refractivity contribution in [2.45, 2.75) is 25.8 Å². The van der Waals surface area contributed by atoms with Crippen molar-refractivity contribution < 1.29 is 45.4 Å². The van der Waals surface area contributed by atoms with Gasteiger partial charge in [-0.2, -0.15) is 36.3 Å². The van der Waals surface area contributed by atoms with Gasteiger partial charge in [0.2, 0.25) is 5.95 Å². The van der Waals surface area contributed by atoms with Crippen molar-refractivity contribution in [3.05, 3.63) is 41.3 Å². The van der Waals surface area contributed by atoms with Crippen LogP contribution in [0.2, 0.25) is 0 Å². The van der Waals surface area contributed by atoms with Crippen molar-refractivity contribution >= 4 is 17.9 Å². The molecule has 0 amide bonds. The fraction of sp³-hybridized carbons (Fsp3) is 0.278. The predicted molar refractivity (Wildman–Crippen MR) is 103 cm³/mol. The number of ether oxygens (including phenoxy) is 2. The minimum Gasteiger partial charge on any atom is -0.416 e. The SMILES string of the molecule is C=CCNNc1nc(-c2ccc(OC(=O)C(F)(F)F)c(OC(=O)C(F)(F)F)c2)n(CC)c(=O)n1. The molecule has 0 aliphatic rings. The summed E-state index contributed by atoms with van der Waals surface area (Å²) < 4.78 is 84.8. The summed E-state index contributed by atoms with van der Waals surface area (Å²) in [7, 11) is 0. The van der Waals surface area contributed by atoms with Gasteiger partial charge in [-0.1, -0.05) is 6.08 Å². The molecule has 0 radical (unpaired) electrons. The molecular formula is C18H15F6N5O5. The Morgan fingerprint density at radius 3 is 2.18 bits per heavy atom. The minimum atomic E-state index is -5.52. The third-order valence-electron chi connectivity index (χ3n) is 3.73. The first-order chi connectivity index (χ1) is 15.8. The molecular weight excluding hydrogens is 480 g/mol. The number of hydrazine groups is 1. The van der Waals surface area contributed by atoms with Gasteiger partial charge in [0.1, 0.15) is 5.82 Å². The van der Waals surface area contributed by atoms with Gasteiger partial charge >= 0.3 is 30.0 Å². The maximum Gasteiger partial charge on any atom is 0.491 e. The van der Waals surface area contributed by atoms with Gasteiger partial charge in [0.05, 0.1) is 0 Å². The molecule has 0 saturated carbocycles. The molecule has 0 fully saturated rings. The van der Waals surface area contributed by atoms with Crippen LogP contribution in [0.5, 0.6) is 11.5 Å². The molecule has 0 unspecified atom stereocenters. The highest BCUT2D eigenvalue weighted by Gasteiger charge is 2.44. The average molecular weight is 495 g/mol. The van der Waals surface area contributed by atoms with Gasteiger partial charge in [0, 0.05) is 18.7 Å². The number of anilines is 1. The number of hydrogen-bond donors (Lipinski definition) is 2. The maximum atomic E-state index is 12.7. The molecule has 0 bridgehead atoms. The van der Waals surface area contributed by atoms with E-state index >= 15 is 0 Å². The summed E-state index contributed by atoms with van der Waals surface area (Å²) in [4.78, 5) is 42.4. The first kappa shape index (κ1) is 26.3. The van der Waals surface area contributed by atoms with Crippen LogP contribution in [0.4, 0.5) is 32.3 Å². The molecule has 0 spiro atoms. The van der Waals surface area contributed by atoms with Crippen LogP contribution in [0.1, 0.15) is 6.92 Å². The van der Waals surface area contributed by atoms with E-state index in [-0.39, 0.29) is 30.4 Å². The van der Waals surface area contributed by atoms with Crippen molar-refractivity contribution in [1.29, 1.82) is 0 Å². The molecule has 0 saturated heterocycles. The van der Waals surface area contributed by atoms with Crippen molar-refractivity contribution in [3.8, 4) is 22.9 Å². The van der Waals surface area contributed by atoms with Gasteiger partial charge in [-0.25, -0.2) is 19.8 Å². The molecule has 1 heterocycles. The second-order valence-corrected chi connectivity index (χ2v) is 6.13. The van der Waals surface area contributed by atoms with E-state index in [4.69, 9.17) is 0 Å². The maximum absolute atomic E-state index is 12.7. The second-order valence-electron chi connectivity index (χ2n) is 6.13. The van der Waals surface area contributed by atoms with Gasteiger partial charge < -0.3 is 9.47 Å². The normalized spacial score (nSPS) is 11.6.